The quantitative estimate of drug-likeness (QED) is 0.430. The number of nitrogens with one attached hydrogen (secondary N) is 1. The van der Waals surface area contributed by atoms with E-state index in [9.17, 15) is 29.9 Å². The van der Waals surface area contributed by atoms with Crippen molar-refractivity contribution in [3.8, 4) is 0 Å². The van der Waals surface area contributed by atoms with Gasteiger partial charge in [0.1, 0.15) is 12.2 Å². The van der Waals surface area contributed by atoms with E-state index in [1.807, 2.05) is 0 Å². The van der Waals surface area contributed by atoms with Gasteiger partial charge < -0.3 is 5.32 Å². The molecule has 0 spiro atoms. The number of benzene rings is 2. The minimum absolute atomic E-state index is 0.108. The van der Waals surface area contributed by atoms with Gasteiger partial charge in [0.2, 0.25) is 0 Å². The van der Waals surface area contributed by atoms with Gasteiger partial charge in [0.25, 0.3) is 11.4 Å². The third kappa shape index (κ3) is 3.72. The van der Waals surface area contributed by atoms with Gasteiger partial charge in [-0.25, -0.2) is 5.01 Å². The third-order valence-corrected chi connectivity index (χ3v) is 4.87. The van der Waals surface area contributed by atoms with Gasteiger partial charge >= 0.3 is 0 Å². The highest BCUT2D eigenvalue weighted by molar-refractivity contribution is 5.95. The number of nitro benzene ring substituents is 2. The fourth-order valence-corrected chi connectivity index (χ4v) is 3.50. The average Bonchev–Trinajstić information content (AvgIpc) is 2.72. The molecule has 154 valence electrons. The first-order valence-corrected chi connectivity index (χ1v) is 8.83. The van der Waals surface area contributed by atoms with E-state index in [4.69, 9.17) is 0 Å². The minimum atomic E-state index is -0.887. The number of carbonyl (C=O) groups excluding carboxylic acids is 1. The van der Waals surface area contributed by atoms with Crippen molar-refractivity contribution in [2.75, 3.05) is 0 Å². The molecule has 2 atom stereocenters. The zero-order valence-electron chi connectivity index (χ0n) is 16.0. The summed E-state index contributed by atoms with van der Waals surface area (Å²) in [6.45, 7) is 3.03. The number of ketones is 1. The van der Waals surface area contributed by atoms with Crippen molar-refractivity contribution in [2.24, 2.45) is 5.29 Å². The Morgan fingerprint density at radius 3 is 1.83 bits per heavy atom. The molecule has 3 rings (SSSR count). The second-order valence-corrected chi connectivity index (χ2v) is 6.70. The normalized spacial score (nSPS) is 18.5. The van der Waals surface area contributed by atoms with Gasteiger partial charge in [0.05, 0.1) is 15.1 Å². The van der Waals surface area contributed by atoms with Gasteiger partial charge in [-0.1, -0.05) is 0 Å². The molecule has 1 N–H and O–H groups in total. The van der Waals surface area contributed by atoms with Crippen LogP contribution >= 0.6 is 0 Å². The summed E-state index contributed by atoms with van der Waals surface area (Å²) in [5.41, 5.74) is 1.56. The summed E-state index contributed by atoms with van der Waals surface area (Å²) in [6, 6.07) is 10.2. The van der Waals surface area contributed by atoms with Crippen molar-refractivity contribution >= 4 is 17.2 Å². The first kappa shape index (κ1) is 20.6. The molecule has 0 unspecified atom stereocenters. The number of hydrogen-bond donors (Lipinski definition) is 1. The standard InChI is InChI=1S/C19H17N5O6/c1-11-17(12(2)25)18(13-3-7-15(8-4-13)23(27)28)22(21-26)19(20-11)14-5-9-16(10-6-14)24(29)30/h3-10,18-20H,1-2H3/t18-,19+/m1/s1. The van der Waals surface area contributed by atoms with Crippen LogP contribution in [0, 0.1) is 25.1 Å². The maximum absolute atomic E-state index is 12.3. The molecule has 0 saturated heterocycles. The van der Waals surface area contributed by atoms with E-state index in [1.54, 1.807) is 6.92 Å². The van der Waals surface area contributed by atoms with Crippen LogP contribution in [-0.2, 0) is 4.79 Å². The summed E-state index contributed by atoms with van der Waals surface area (Å²) in [6.07, 6.45) is -0.799. The van der Waals surface area contributed by atoms with Crippen LogP contribution in [0.5, 0.6) is 0 Å². The van der Waals surface area contributed by atoms with Crippen LogP contribution in [0.2, 0.25) is 0 Å². The molecule has 2 aromatic carbocycles. The lowest BCUT2D eigenvalue weighted by atomic mass is 9.90. The van der Waals surface area contributed by atoms with Crippen LogP contribution in [0.4, 0.5) is 11.4 Å². The number of allylic oxidation sites excluding steroid dienone is 1. The van der Waals surface area contributed by atoms with E-state index in [0.717, 1.165) is 5.01 Å². The molecule has 0 amide bonds. The first-order chi connectivity index (χ1) is 14.2. The Bertz CT molecular complexity index is 1050. The molecule has 0 bridgehead atoms. The summed E-state index contributed by atoms with van der Waals surface area (Å²) in [5.74, 6) is -0.292. The molecular weight excluding hydrogens is 394 g/mol. The molecule has 11 nitrogen and oxygen atoms in total. The summed E-state index contributed by atoms with van der Waals surface area (Å²) in [4.78, 5) is 45.0. The van der Waals surface area contributed by atoms with Crippen LogP contribution < -0.4 is 5.32 Å². The van der Waals surface area contributed by atoms with Crippen molar-refractivity contribution in [1.29, 1.82) is 0 Å². The fraction of sp³-hybridized carbons (Fsp3) is 0.211. The smallest absolute Gasteiger partial charge is 0.269 e. The molecule has 1 aliphatic rings. The molecule has 30 heavy (non-hydrogen) atoms. The van der Waals surface area contributed by atoms with E-state index in [1.165, 1.54) is 55.5 Å². The van der Waals surface area contributed by atoms with E-state index >= 15 is 0 Å². The lowest BCUT2D eigenvalue weighted by molar-refractivity contribution is -0.385. The molecule has 1 heterocycles. The van der Waals surface area contributed by atoms with Crippen LogP contribution in [0.25, 0.3) is 0 Å². The van der Waals surface area contributed by atoms with Crippen LogP contribution in [0.1, 0.15) is 37.2 Å². The molecule has 11 heteroatoms. The summed E-state index contributed by atoms with van der Waals surface area (Å²) in [5, 5.41) is 29.2. The van der Waals surface area contributed by atoms with E-state index in [0.29, 0.717) is 22.4 Å². The van der Waals surface area contributed by atoms with Crippen molar-refractivity contribution < 1.29 is 14.6 Å². The number of carbonyl (C=O) groups is 1. The highest BCUT2D eigenvalue weighted by atomic mass is 16.6. The average molecular weight is 411 g/mol. The second kappa shape index (κ2) is 8.07. The molecular formula is C19H17N5O6. The number of Topliss-reactive ketones (excluding diaryl/α,β-unsaturated/α-hetero) is 1. The van der Waals surface area contributed by atoms with Gasteiger partial charge in [-0.15, -0.1) is 4.91 Å². The minimum Gasteiger partial charge on any atom is -0.363 e. The number of nitro groups is 2. The Labute approximate surface area is 170 Å². The molecule has 0 fully saturated rings. The van der Waals surface area contributed by atoms with Crippen molar-refractivity contribution in [3.05, 3.63) is 96.1 Å². The maximum atomic E-state index is 12.3. The van der Waals surface area contributed by atoms with Crippen LogP contribution in [-0.4, -0.2) is 20.6 Å². The van der Waals surface area contributed by atoms with Crippen molar-refractivity contribution in [2.45, 2.75) is 26.1 Å². The van der Waals surface area contributed by atoms with Crippen molar-refractivity contribution in [1.82, 2.24) is 10.3 Å². The molecule has 1 aliphatic heterocycles. The predicted molar refractivity (Wildman–Crippen MR) is 106 cm³/mol. The van der Waals surface area contributed by atoms with Gasteiger partial charge in [0, 0.05) is 35.5 Å². The molecule has 2 aromatic rings. The molecule has 0 aromatic heterocycles. The Morgan fingerprint density at radius 1 is 0.967 bits per heavy atom. The number of hydrogen-bond acceptors (Lipinski definition) is 8. The lowest BCUT2D eigenvalue weighted by Crippen LogP contribution is -2.44. The van der Waals surface area contributed by atoms with Gasteiger partial charge in [0.15, 0.2) is 5.78 Å². The third-order valence-electron chi connectivity index (χ3n) is 4.87. The van der Waals surface area contributed by atoms with Gasteiger partial charge in [-0.05, 0) is 49.2 Å². The molecule has 0 aliphatic carbocycles. The van der Waals surface area contributed by atoms with E-state index in [2.05, 4.69) is 10.6 Å². The fourth-order valence-electron chi connectivity index (χ4n) is 3.50. The number of nitrogens with zero attached hydrogens (tertiary/aromatic N) is 4. The highest BCUT2D eigenvalue weighted by Crippen LogP contribution is 2.41. The Morgan fingerprint density at radius 2 is 1.43 bits per heavy atom. The lowest BCUT2D eigenvalue weighted by Gasteiger charge is -2.40. The van der Waals surface area contributed by atoms with Crippen LogP contribution in [0.3, 0.4) is 0 Å². The Kier molecular flexibility index (Phi) is 5.54. The summed E-state index contributed by atoms with van der Waals surface area (Å²) >= 11 is 0. The predicted octanol–water partition coefficient (Wildman–Crippen LogP) is 3.69. The topological polar surface area (TPSA) is 148 Å². The highest BCUT2D eigenvalue weighted by Gasteiger charge is 2.39. The van der Waals surface area contributed by atoms with E-state index < -0.39 is 22.1 Å². The SMILES string of the molecule is CC(=O)C1=C(C)N[C@H](c2ccc([N+](=O)[O-])cc2)N(N=O)[C@@H]1c1ccc([N+](=O)[O-])cc1. The zero-order valence-corrected chi connectivity index (χ0v) is 16.0. The Balaban J connectivity index is 2.10. The van der Waals surface area contributed by atoms with Crippen molar-refractivity contribution in [3.63, 3.8) is 0 Å². The monoisotopic (exact) mass is 411 g/mol. The number of rotatable bonds is 6. The largest absolute Gasteiger partial charge is 0.363 e. The Hall–Kier alpha value is -4.15. The summed E-state index contributed by atoms with van der Waals surface area (Å²) < 4.78 is 0. The summed E-state index contributed by atoms with van der Waals surface area (Å²) in [7, 11) is 0. The van der Waals surface area contributed by atoms with Gasteiger partial charge in [-0.3, -0.25) is 25.0 Å². The number of non-ortho nitro benzene ring substituents is 2. The maximum Gasteiger partial charge on any atom is 0.269 e. The van der Waals surface area contributed by atoms with Gasteiger partial charge in [-0.2, -0.15) is 0 Å². The van der Waals surface area contributed by atoms with E-state index in [-0.39, 0.29) is 17.2 Å². The number of nitroso groups, excluding NO2 is 1. The first-order valence-electron chi connectivity index (χ1n) is 8.83. The zero-order chi connectivity index (χ0) is 22.0. The van der Waals surface area contributed by atoms with Crippen LogP contribution in [0.15, 0.2) is 65.1 Å². The molecule has 0 radical (unpaired) electrons. The second-order valence-electron chi connectivity index (χ2n) is 6.70. The molecule has 0 saturated carbocycles.